The highest BCUT2D eigenvalue weighted by atomic mass is 19.1. The number of alkyl carbamates (subject to hydrolysis) is 1. The second-order valence-corrected chi connectivity index (χ2v) is 10.7. The molecule has 0 aliphatic carbocycles. The van der Waals surface area contributed by atoms with Crippen LogP contribution in [-0.2, 0) is 27.9 Å². The number of nitrogens with zero attached hydrogens (tertiary/aromatic N) is 4. The van der Waals surface area contributed by atoms with Gasteiger partial charge in [-0.1, -0.05) is 32.3 Å². The third kappa shape index (κ3) is 9.35. The van der Waals surface area contributed by atoms with Gasteiger partial charge in [0.15, 0.2) is 0 Å². The van der Waals surface area contributed by atoms with Crippen molar-refractivity contribution in [2.24, 2.45) is 7.05 Å². The molecule has 3 N–H and O–H groups in total. The molecule has 248 valence electrons. The van der Waals surface area contributed by atoms with Crippen molar-refractivity contribution in [2.75, 3.05) is 30.0 Å². The number of halogens is 1. The Morgan fingerprint density at radius 3 is 2.53 bits per heavy atom. The lowest BCUT2D eigenvalue weighted by atomic mass is 10.1. The molecule has 47 heavy (non-hydrogen) atoms. The fourth-order valence-corrected chi connectivity index (χ4v) is 4.86. The number of ether oxygens (including phenoxy) is 2. The number of rotatable bonds is 15. The van der Waals surface area contributed by atoms with E-state index >= 15 is 0 Å². The molecule has 0 saturated carbocycles. The predicted octanol–water partition coefficient (Wildman–Crippen LogP) is 5.95. The second kappa shape index (κ2) is 16.8. The zero-order chi connectivity index (χ0) is 33.8. The summed E-state index contributed by atoms with van der Waals surface area (Å²) in [6, 6.07) is 14.5. The number of nitrogens with one attached hydrogen (secondary N) is 3. The van der Waals surface area contributed by atoms with Crippen LogP contribution in [0.3, 0.4) is 0 Å². The van der Waals surface area contributed by atoms with E-state index in [0.717, 1.165) is 37.3 Å². The van der Waals surface area contributed by atoms with Crippen LogP contribution < -0.4 is 15.5 Å². The van der Waals surface area contributed by atoms with Gasteiger partial charge in [-0.25, -0.2) is 19.2 Å². The molecule has 0 atom stereocenters. The van der Waals surface area contributed by atoms with Gasteiger partial charge in [-0.15, -0.1) is 0 Å². The van der Waals surface area contributed by atoms with Crippen LogP contribution in [0.4, 0.5) is 20.7 Å². The van der Waals surface area contributed by atoms with Crippen LogP contribution in [-0.4, -0.2) is 58.1 Å². The highest BCUT2D eigenvalue weighted by Crippen LogP contribution is 2.22. The largest absolute Gasteiger partial charge is 0.466 e. The quantitative estimate of drug-likeness (QED) is 0.0621. The van der Waals surface area contributed by atoms with Gasteiger partial charge in [0, 0.05) is 30.9 Å². The summed E-state index contributed by atoms with van der Waals surface area (Å²) in [5.41, 5.74) is 2.08. The van der Waals surface area contributed by atoms with Crippen molar-refractivity contribution in [3.8, 4) is 0 Å². The molecule has 2 amide bonds. The van der Waals surface area contributed by atoms with Gasteiger partial charge in [-0.3, -0.25) is 25.2 Å². The maximum absolute atomic E-state index is 15.0. The Balaban J connectivity index is 1.41. The van der Waals surface area contributed by atoms with E-state index in [1.165, 1.54) is 17.0 Å². The highest BCUT2D eigenvalue weighted by molar-refractivity contribution is 6.07. The summed E-state index contributed by atoms with van der Waals surface area (Å²) in [6.07, 6.45) is 4.68. The lowest BCUT2D eigenvalue weighted by Gasteiger charge is -2.21. The van der Waals surface area contributed by atoms with Crippen molar-refractivity contribution in [1.82, 2.24) is 19.9 Å². The molecule has 0 aliphatic rings. The van der Waals surface area contributed by atoms with Crippen molar-refractivity contribution in [3.05, 3.63) is 83.6 Å². The Bertz CT molecular complexity index is 1710. The van der Waals surface area contributed by atoms with Gasteiger partial charge in [-0.05, 0) is 61.9 Å². The standard InChI is InChI=1S/C34H40FN7O5/c1-4-6-7-10-19-47-34(45)40-32(36)23-12-14-26(25(35)20-23)38-22-30-39-27-21-24(13-15-28(27)41(30)3)33(44)42(18-16-31(43)46-5-2)29-11-8-9-17-37-29/h8-9,11-15,17,20-21,38H,4-7,10,16,18-19,22H2,1-3H3,(H2,36,40,45). The van der Waals surface area contributed by atoms with Crippen LogP contribution in [0.5, 0.6) is 0 Å². The third-order valence-electron chi connectivity index (χ3n) is 7.39. The summed E-state index contributed by atoms with van der Waals surface area (Å²) in [7, 11) is 1.82. The number of unbranched alkanes of at least 4 members (excludes halogenated alkanes) is 3. The normalized spacial score (nSPS) is 10.8. The minimum absolute atomic E-state index is 0.0126. The van der Waals surface area contributed by atoms with Crippen LogP contribution >= 0.6 is 0 Å². The minimum Gasteiger partial charge on any atom is -0.466 e. The first-order valence-corrected chi connectivity index (χ1v) is 15.6. The first kappa shape index (κ1) is 34.5. The molecule has 4 aromatic rings. The number of carbonyl (C=O) groups excluding carboxylic acids is 3. The first-order valence-electron chi connectivity index (χ1n) is 15.6. The molecule has 4 rings (SSSR count). The number of carbonyl (C=O) groups is 3. The maximum atomic E-state index is 15.0. The number of amides is 2. The van der Waals surface area contributed by atoms with Crippen LogP contribution in [0.15, 0.2) is 60.8 Å². The summed E-state index contributed by atoms with van der Waals surface area (Å²) >= 11 is 0. The minimum atomic E-state index is -0.748. The number of hydrogen-bond donors (Lipinski definition) is 3. The molecule has 0 spiro atoms. The number of esters is 1. The molecule has 2 heterocycles. The number of benzene rings is 2. The van der Waals surface area contributed by atoms with E-state index in [4.69, 9.17) is 14.9 Å². The molecule has 0 saturated heterocycles. The summed E-state index contributed by atoms with van der Waals surface area (Å²) in [5, 5.41) is 13.5. The van der Waals surface area contributed by atoms with Crippen molar-refractivity contribution in [2.45, 2.75) is 52.5 Å². The summed E-state index contributed by atoms with van der Waals surface area (Å²) in [6.45, 7) is 4.59. The number of amidine groups is 1. The zero-order valence-electron chi connectivity index (χ0n) is 26.8. The van der Waals surface area contributed by atoms with Crippen LogP contribution in [0.2, 0.25) is 0 Å². The number of imidazole rings is 1. The van der Waals surface area contributed by atoms with Crippen LogP contribution in [0.25, 0.3) is 11.0 Å². The van der Waals surface area contributed by atoms with Gasteiger partial charge in [0.1, 0.15) is 23.3 Å². The zero-order valence-corrected chi connectivity index (χ0v) is 26.8. The van der Waals surface area contributed by atoms with Crippen molar-refractivity contribution < 1.29 is 28.2 Å². The van der Waals surface area contributed by atoms with E-state index in [1.54, 1.807) is 49.5 Å². The highest BCUT2D eigenvalue weighted by Gasteiger charge is 2.22. The lowest BCUT2D eigenvalue weighted by molar-refractivity contribution is -0.142. The lowest BCUT2D eigenvalue weighted by Crippen LogP contribution is -2.34. The summed E-state index contributed by atoms with van der Waals surface area (Å²) in [5.74, 6) is -0.628. The van der Waals surface area contributed by atoms with Gasteiger partial charge >= 0.3 is 12.1 Å². The van der Waals surface area contributed by atoms with Gasteiger partial charge in [0.25, 0.3) is 5.91 Å². The molecule has 0 bridgehead atoms. The molecule has 0 radical (unpaired) electrons. The smallest absolute Gasteiger partial charge is 0.412 e. The van der Waals surface area contributed by atoms with Crippen LogP contribution in [0.1, 0.15) is 67.7 Å². The predicted molar refractivity (Wildman–Crippen MR) is 177 cm³/mol. The second-order valence-electron chi connectivity index (χ2n) is 10.7. The molecule has 12 nitrogen and oxygen atoms in total. The number of fused-ring (bicyclic) bond motifs is 1. The van der Waals surface area contributed by atoms with E-state index in [-0.39, 0.29) is 55.7 Å². The maximum Gasteiger partial charge on any atom is 0.412 e. The molecule has 0 fully saturated rings. The Labute approximate surface area is 272 Å². The monoisotopic (exact) mass is 645 g/mol. The topological polar surface area (TPSA) is 152 Å². The van der Waals surface area contributed by atoms with E-state index in [0.29, 0.717) is 22.7 Å². The Hall–Kier alpha value is -5.33. The molecule has 0 unspecified atom stereocenters. The number of aryl methyl sites for hydroxylation is 1. The van der Waals surface area contributed by atoms with Crippen LogP contribution in [0, 0.1) is 11.2 Å². The third-order valence-corrected chi connectivity index (χ3v) is 7.39. The number of hydrogen-bond acceptors (Lipinski definition) is 9. The number of aromatic nitrogens is 3. The molecule has 0 aliphatic heterocycles. The average molecular weight is 646 g/mol. The van der Waals surface area contributed by atoms with Gasteiger partial charge in [0.2, 0.25) is 0 Å². The molecule has 2 aromatic carbocycles. The Kier molecular flexibility index (Phi) is 12.4. The van der Waals surface area contributed by atoms with Gasteiger partial charge in [0.05, 0.1) is 42.9 Å². The average Bonchev–Trinajstić information content (AvgIpc) is 3.38. The molecule has 2 aromatic heterocycles. The van der Waals surface area contributed by atoms with E-state index in [9.17, 15) is 18.8 Å². The Morgan fingerprint density at radius 2 is 1.81 bits per heavy atom. The van der Waals surface area contributed by atoms with Crippen molar-refractivity contribution >= 4 is 46.3 Å². The van der Waals surface area contributed by atoms with Crippen molar-refractivity contribution in [3.63, 3.8) is 0 Å². The number of anilines is 2. The molecule has 13 heteroatoms. The summed E-state index contributed by atoms with van der Waals surface area (Å²) in [4.78, 5) is 48.0. The fourth-order valence-electron chi connectivity index (χ4n) is 4.86. The van der Waals surface area contributed by atoms with E-state index in [2.05, 4.69) is 27.5 Å². The van der Waals surface area contributed by atoms with E-state index < -0.39 is 17.9 Å². The van der Waals surface area contributed by atoms with E-state index in [1.807, 2.05) is 11.6 Å². The first-order chi connectivity index (χ1) is 22.7. The van der Waals surface area contributed by atoms with Gasteiger partial charge in [-0.2, -0.15) is 0 Å². The molecular weight excluding hydrogens is 605 g/mol. The fraction of sp³-hybridized carbons (Fsp3) is 0.353. The number of pyridine rings is 1. The van der Waals surface area contributed by atoms with Gasteiger partial charge < -0.3 is 19.4 Å². The van der Waals surface area contributed by atoms with Crippen molar-refractivity contribution in [1.29, 1.82) is 5.41 Å². The SMILES string of the molecule is CCCCCCOC(=O)NC(=N)c1ccc(NCc2nc3cc(C(=O)N(CCC(=O)OCC)c4ccccn4)ccc3n2C)c(F)c1. The Morgan fingerprint density at radius 1 is 1.00 bits per heavy atom. The summed E-state index contributed by atoms with van der Waals surface area (Å²) < 4.78 is 26.9. The molecular formula is C34H40FN7O5.